The Kier molecular flexibility index (Phi) is 5.89. The predicted octanol–water partition coefficient (Wildman–Crippen LogP) is 2.40. The largest absolute Gasteiger partial charge is 0.497 e. The maximum atomic E-state index is 12.4. The lowest BCUT2D eigenvalue weighted by molar-refractivity contribution is -0.129. The summed E-state index contributed by atoms with van der Waals surface area (Å²) in [6, 6.07) is 17.7. The van der Waals surface area contributed by atoms with E-state index in [-0.39, 0.29) is 24.2 Å². The Bertz CT molecular complexity index is 761. The van der Waals surface area contributed by atoms with E-state index in [4.69, 9.17) is 4.74 Å². The summed E-state index contributed by atoms with van der Waals surface area (Å²) in [5, 5.41) is 2.96. The predicted molar refractivity (Wildman–Crippen MR) is 99.7 cm³/mol. The standard InChI is InChI=1S/C21H24N2O3/c1-26-19-9-5-8-17(12-19)14-23-15-18(13-20(23)24)21(25)22-11-10-16-6-3-2-4-7-16/h2-9,12,18H,10-11,13-15H2,1H3,(H,22,25)/t18-/m0/s1. The monoisotopic (exact) mass is 352 g/mol. The molecule has 0 saturated carbocycles. The van der Waals surface area contributed by atoms with Crippen molar-refractivity contribution in [1.29, 1.82) is 0 Å². The molecule has 2 aromatic rings. The second-order valence-electron chi connectivity index (χ2n) is 6.55. The number of hydrogen-bond acceptors (Lipinski definition) is 3. The van der Waals surface area contributed by atoms with Crippen LogP contribution >= 0.6 is 0 Å². The molecule has 1 atom stereocenters. The van der Waals surface area contributed by atoms with Gasteiger partial charge < -0.3 is 15.0 Å². The molecule has 1 aliphatic heterocycles. The van der Waals surface area contributed by atoms with Crippen LogP contribution in [0.3, 0.4) is 0 Å². The van der Waals surface area contributed by atoms with Crippen LogP contribution in [0.2, 0.25) is 0 Å². The maximum absolute atomic E-state index is 12.4. The third kappa shape index (κ3) is 4.63. The lowest BCUT2D eigenvalue weighted by atomic mass is 10.1. The average Bonchev–Trinajstić information content (AvgIpc) is 3.03. The summed E-state index contributed by atoms with van der Waals surface area (Å²) in [4.78, 5) is 26.4. The number of carbonyl (C=O) groups is 2. The van der Waals surface area contributed by atoms with Gasteiger partial charge in [0.2, 0.25) is 11.8 Å². The number of benzene rings is 2. The van der Waals surface area contributed by atoms with E-state index >= 15 is 0 Å². The van der Waals surface area contributed by atoms with Crippen molar-refractivity contribution >= 4 is 11.8 Å². The van der Waals surface area contributed by atoms with Crippen LogP contribution < -0.4 is 10.1 Å². The Morgan fingerprint density at radius 3 is 2.69 bits per heavy atom. The molecule has 5 nitrogen and oxygen atoms in total. The Hall–Kier alpha value is -2.82. The van der Waals surface area contributed by atoms with Crippen molar-refractivity contribution in [3.05, 3.63) is 65.7 Å². The summed E-state index contributed by atoms with van der Waals surface area (Å²) in [5.41, 5.74) is 2.19. The fourth-order valence-electron chi connectivity index (χ4n) is 3.21. The lowest BCUT2D eigenvalue weighted by Gasteiger charge is -2.17. The minimum absolute atomic E-state index is 0.0241. The smallest absolute Gasteiger partial charge is 0.225 e. The zero-order valence-corrected chi connectivity index (χ0v) is 15.0. The van der Waals surface area contributed by atoms with Crippen LogP contribution in [-0.4, -0.2) is 36.9 Å². The molecule has 0 aromatic heterocycles. The van der Waals surface area contributed by atoms with E-state index in [1.54, 1.807) is 12.0 Å². The summed E-state index contributed by atoms with van der Waals surface area (Å²) in [7, 11) is 1.62. The van der Waals surface area contributed by atoms with Crippen molar-refractivity contribution in [2.45, 2.75) is 19.4 Å². The molecule has 3 rings (SSSR count). The molecule has 1 N–H and O–H groups in total. The van der Waals surface area contributed by atoms with Crippen LogP contribution in [0, 0.1) is 5.92 Å². The van der Waals surface area contributed by atoms with Crippen molar-refractivity contribution in [2.75, 3.05) is 20.2 Å². The Morgan fingerprint density at radius 1 is 1.15 bits per heavy atom. The van der Waals surface area contributed by atoms with Gasteiger partial charge in [0.25, 0.3) is 0 Å². The maximum Gasteiger partial charge on any atom is 0.225 e. The first-order valence-electron chi connectivity index (χ1n) is 8.88. The molecule has 2 aromatic carbocycles. The fraction of sp³-hybridized carbons (Fsp3) is 0.333. The van der Waals surface area contributed by atoms with E-state index in [1.807, 2.05) is 54.6 Å². The fourth-order valence-corrected chi connectivity index (χ4v) is 3.21. The lowest BCUT2D eigenvalue weighted by Crippen LogP contribution is -2.34. The highest BCUT2D eigenvalue weighted by Crippen LogP contribution is 2.22. The highest BCUT2D eigenvalue weighted by atomic mass is 16.5. The van der Waals surface area contributed by atoms with Crippen LogP contribution in [0.25, 0.3) is 0 Å². The normalized spacial score (nSPS) is 16.6. The number of nitrogens with zero attached hydrogens (tertiary/aromatic N) is 1. The molecule has 1 aliphatic rings. The summed E-state index contributed by atoms with van der Waals surface area (Å²) in [6.07, 6.45) is 1.07. The SMILES string of the molecule is COc1cccc(CN2C[C@@H](C(=O)NCCc3ccccc3)CC2=O)c1. The van der Waals surface area contributed by atoms with E-state index in [0.717, 1.165) is 17.7 Å². The second-order valence-corrected chi connectivity index (χ2v) is 6.55. The van der Waals surface area contributed by atoms with E-state index < -0.39 is 0 Å². The molecule has 2 amide bonds. The molecular weight excluding hydrogens is 328 g/mol. The summed E-state index contributed by atoms with van der Waals surface area (Å²) >= 11 is 0. The number of ether oxygens (including phenoxy) is 1. The Balaban J connectivity index is 1.49. The van der Waals surface area contributed by atoms with E-state index in [9.17, 15) is 9.59 Å². The first-order valence-corrected chi connectivity index (χ1v) is 8.88. The van der Waals surface area contributed by atoms with Crippen molar-refractivity contribution < 1.29 is 14.3 Å². The zero-order valence-electron chi connectivity index (χ0n) is 15.0. The van der Waals surface area contributed by atoms with Crippen LogP contribution in [0.15, 0.2) is 54.6 Å². The average molecular weight is 352 g/mol. The van der Waals surface area contributed by atoms with Gasteiger partial charge in [0, 0.05) is 26.1 Å². The molecule has 0 unspecified atom stereocenters. The Morgan fingerprint density at radius 2 is 1.92 bits per heavy atom. The van der Waals surface area contributed by atoms with Gasteiger partial charge >= 0.3 is 0 Å². The molecule has 26 heavy (non-hydrogen) atoms. The van der Waals surface area contributed by atoms with Crippen LogP contribution in [0.4, 0.5) is 0 Å². The number of nitrogens with one attached hydrogen (secondary N) is 1. The van der Waals surface area contributed by atoms with Crippen LogP contribution in [0.1, 0.15) is 17.5 Å². The Labute approximate surface area is 154 Å². The van der Waals surface area contributed by atoms with Crippen molar-refractivity contribution in [1.82, 2.24) is 10.2 Å². The summed E-state index contributed by atoms with van der Waals surface area (Å²) in [5.74, 6) is 0.478. The third-order valence-electron chi connectivity index (χ3n) is 4.65. The minimum Gasteiger partial charge on any atom is -0.497 e. The topological polar surface area (TPSA) is 58.6 Å². The molecule has 1 saturated heterocycles. The molecule has 0 aliphatic carbocycles. The van der Waals surface area contributed by atoms with Gasteiger partial charge in [0.1, 0.15) is 5.75 Å². The first kappa shape index (κ1) is 18.0. The molecule has 1 heterocycles. The summed E-state index contributed by atoms with van der Waals surface area (Å²) in [6.45, 7) is 1.56. The summed E-state index contributed by atoms with van der Waals surface area (Å²) < 4.78 is 5.22. The highest BCUT2D eigenvalue weighted by molar-refractivity contribution is 5.89. The van der Waals surface area contributed by atoms with E-state index in [2.05, 4.69) is 5.32 Å². The van der Waals surface area contributed by atoms with Gasteiger partial charge in [-0.25, -0.2) is 0 Å². The molecule has 136 valence electrons. The number of methoxy groups -OCH3 is 1. The van der Waals surface area contributed by atoms with E-state index in [0.29, 0.717) is 19.6 Å². The molecular formula is C21H24N2O3. The first-order chi connectivity index (χ1) is 12.7. The van der Waals surface area contributed by atoms with Crippen LogP contribution in [-0.2, 0) is 22.6 Å². The quantitative estimate of drug-likeness (QED) is 0.832. The van der Waals surface area contributed by atoms with Crippen LogP contribution in [0.5, 0.6) is 5.75 Å². The molecule has 1 fully saturated rings. The zero-order chi connectivity index (χ0) is 18.4. The molecule has 0 radical (unpaired) electrons. The van der Waals surface area contributed by atoms with Gasteiger partial charge in [0.15, 0.2) is 0 Å². The highest BCUT2D eigenvalue weighted by Gasteiger charge is 2.34. The number of likely N-dealkylation sites (tertiary alicyclic amines) is 1. The minimum atomic E-state index is -0.274. The van der Waals surface area contributed by atoms with Gasteiger partial charge in [-0.05, 0) is 29.7 Å². The molecule has 5 heteroatoms. The number of hydrogen-bond donors (Lipinski definition) is 1. The molecule has 0 bridgehead atoms. The van der Waals surface area contributed by atoms with Gasteiger partial charge in [-0.3, -0.25) is 9.59 Å². The van der Waals surface area contributed by atoms with Gasteiger partial charge in [-0.15, -0.1) is 0 Å². The second kappa shape index (κ2) is 8.52. The van der Waals surface area contributed by atoms with Gasteiger partial charge in [-0.1, -0.05) is 42.5 Å². The number of amides is 2. The third-order valence-corrected chi connectivity index (χ3v) is 4.65. The van der Waals surface area contributed by atoms with Crippen molar-refractivity contribution in [3.8, 4) is 5.75 Å². The molecule has 0 spiro atoms. The van der Waals surface area contributed by atoms with Crippen molar-refractivity contribution in [3.63, 3.8) is 0 Å². The number of rotatable bonds is 7. The van der Waals surface area contributed by atoms with Crippen molar-refractivity contribution in [2.24, 2.45) is 5.92 Å². The number of carbonyl (C=O) groups excluding carboxylic acids is 2. The van der Waals surface area contributed by atoms with Gasteiger partial charge in [-0.2, -0.15) is 0 Å². The van der Waals surface area contributed by atoms with Gasteiger partial charge in [0.05, 0.1) is 13.0 Å². The van der Waals surface area contributed by atoms with E-state index in [1.165, 1.54) is 5.56 Å².